The number of amides is 1. The summed E-state index contributed by atoms with van der Waals surface area (Å²) in [6, 6.07) is 4.20. The van der Waals surface area contributed by atoms with Crippen LogP contribution in [0.2, 0.25) is 0 Å². The third-order valence-electron chi connectivity index (χ3n) is 3.62. The monoisotopic (exact) mass is 379 g/mol. The lowest BCUT2D eigenvalue weighted by Crippen LogP contribution is -2.47. The summed E-state index contributed by atoms with van der Waals surface area (Å²) in [4.78, 5) is 20.1. The van der Waals surface area contributed by atoms with Crippen molar-refractivity contribution in [3.63, 3.8) is 0 Å². The lowest BCUT2D eigenvalue weighted by atomic mass is 10.0. The highest BCUT2D eigenvalue weighted by atomic mass is 35.5. The summed E-state index contributed by atoms with van der Waals surface area (Å²) in [7, 11) is 0. The Morgan fingerprint density at radius 1 is 1.36 bits per heavy atom. The van der Waals surface area contributed by atoms with E-state index in [9.17, 15) is 4.79 Å². The standard InChI is InChI=1S/C14H17N3OS2.2ClH/c15-8-10-4-1-2-6-17(10)14(18)11-9-20-13(16-11)12-5-3-7-19-12;;/h3,5,7,9-10H,1-2,4,6,8,15H2;2*1H. The van der Waals surface area contributed by atoms with Crippen LogP contribution in [0.4, 0.5) is 0 Å². The molecule has 122 valence electrons. The fourth-order valence-electron chi connectivity index (χ4n) is 2.55. The number of nitrogens with two attached hydrogens (primary N) is 1. The van der Waals surface area contributed by atoms with E-state index in [1.54, 1.807) is 11.3 Å². The van der Waals surface area contributed by atoms with Gasteiger partial charge in [-0.05, 0) is 30.7 Å². The molecule has 1 fully saturated rings. The summed E-state index contributed by atoms with van der Waals surface area (Å²) in [6.45, 7) is 1.33. The maximum absolute atomic E-state index is 12.6. The minimum Gasteiger partial charge on any atom is -0.333 e. The van der Waals surface area contributed by atoms with Crippen molar-refractivity contribution in [2.45, 2.75) is 25.3 Å². The number of nitrogens with zero attached hydrogens (tertiary/aromatic N) is 2. The zero-order chi connectivity index (χ0) is 13.9. The molecule has 22 heavy (non-hydrogen) atoms. The first-order chi connectivity index (χ1) is 9.79. The molecule has 1 amide bonds. The van der Waals surface area contributed by atoms with Crippen molar-refractivity contribution in [1.82, 2.24) is 9.88 Å². The molecule has 0 aliphatic carbocycles. The topological polar surface area (TPSA) is 59.2 Å². The van der Waals surface area contributed by atoms with E-state index in [4.69, 9.17) is 5.73 Å². The summed E-state index contributed by atoms with van der Waals surface area (Å²) in [5.74, 6) is 0.0270. The molecule has 0 spiro atoms. The van der Waals surface area contributed by atoms with Gasteiger partial charge in [-0.3, -0.25) is 4.79 Å². The number of thiazole rings is 1. The van der Waals surface area contributed by atoms with Crippen molar-refractivity contribution in [2.24, 2.45) is 5.73 Å². The maximum atomic E-state index is 12.6. The van der Waals surface area contributed by atoms with Crippen LogP contribution < -0.4 is 5.73 Å². The van der Waals surface area contributed by atoms with E-state index in [1.165, 1.54) is 11.3 Å². The molecule has 3 rings (SSSR count). The van der Waals surface area contributed by atoms with Gasteiger partial charge in [0.15, 0.2) is 0 Å². The molecule has 0 radical (unpaired) electrons. The van der Waals surface area contributed by atoms with Gasteiger partial charge in [-0.1, -0.05) is 6.07 Å². The average Bonchev–Trinajstić information content (AvgIpc) is 3.16. The lowest BCUT2D eigenvalue weighted by molar-refractivity contribution is 0.0618. The van der Waals surface area contributed by atoms with Crippen LogP contribution in [0.3, 0.4) is 0 Å². The number of hydrogen-bond acceptors (Lipinski definition) is 5. The van der Waals surface area contributed by atoms with E-state index < -0.39 is 0 Å². The molecule has 0 aromatic carbocycles. The first-order valence-electron chi connectivity index (χ1n) is 6.80. The van der Waals surface area contributed by atoms with Gasteiger partial charge in [0, 0.05) is 24.5 Å². The molecule has 0 saturated carbocycles. The highest BCUT2D eigenvalue weighted by Crippen LogP contribution is 2.29. The lowest BCUT2D eigenvalue weighted by Gasteiger charge is -2.34. The number of carbonyl (C=O) groups excluding carboxylic acids is 1. The molecule has 1 unspecified atom stereocenters. The van der Waals surface area contributed by atoms with E-state index in [0.29, 0.717) is 12.2 Å². The summed E-state index contributed by atoms with van der Waals surface area (Å²) in [6.07, 6.45) is 3.22. The predicted molar refractivity (Wildman–Crippen MR) is 97.7 cm³/mol. The van der Waals surface area contributed by atoms with Gasteiger partial charge in [0.05, 0.1) is 4.88 Å². The molecule has 3 heterocycles. The molecule has 0 bridgehead atoms. The second-order valence-corrected chi connectivity index (χ2v) is 6.70. The second kappa shape index (κ2) is 8.84. The van der Waals surface area contributed by atoms with Gasteiger partial charge in [0.2, 0.25) is 0 Å². The van der Waals surface area contributed by atoms with Gasteiger partial charge in [-0.2, -0.15) is 0 Å². The number of rotatable bonds is 3. The summed E-state index contributed by atoms with van der Waals surface area (Å²) in [5, 5.41) is 4.80. The van der Waals surface area contributed by atoms with E-state index in [-0.39, 0.29) is 36.8 Å². The molecule has 8 heteroatoms. The van der Waals surface area contributed by atoms with Crippen molar-refractivity contribution in [3.8, 4) is 9.88 Å². The minimum atomic E-state index is 0. The van der Waals surface area contributed by atoms with E-state index >= 15 is 0 Å². The quantitative estimate of drug-likeness (QED) is 0.884. The van der Waals surface area contributed by atoms with E-state index in [0.717, 1.165) is 35.7 Å². The molecule has 1 saturated heterocycles. The molecule has 1 aliphatic heterocycles. The zero-order valence-electron chi connectivity index (χ0n) is 11.9. The molecule has 1 atom stereocenters. The van der Waals surface area contributed by atoms with Gasteiger partial charge < -0.3 is 10.6 Å². The number of piperidine rings is 1. The maximum Gasteiger partial charge on any atom is 0.273 e. The fraction of sp³-hybridized carbons (Fsp3) is 0.429. The first kappa shape index (κ1) is 19.4. The summed E-state index contributed by atoms with van der Waals surface area (Å²) in [5.41, 5.74) is 6.34. The van der Waals surface area contributed by atoms with Gasteiger partial charge in [0.25, 0.3) is 5.91 Å². The van der Waals surface area contributed by atoms with Crippen molar-refractivity contribution < 1.29 is 4.79 Å². The Labute approximate surface area is 150 Å². The fourth-order valence-corrected chi connectivity index (χ4v) is 4.15. The molecule has 2 N–H and O–H groups in total. The van der Waals surface area contributed by atoms with Crippen LogP contribution in [0.15, 0.2) is 22.9 Å². The third-order valence-corrected chi connectivity index (χ3v) is 5.50. The molecule has 2 aromatic rings. The van der Waals surface area contributed by atoms with Crippen molar-refractivity contribution in [1.29, 1.82) is 0 Å². The van der Waals surface area contributed by atoms with Gasteiger partial charge in [-0.15, -0.1) is 47.5 Å². The number of thiophene rings is 1. The average molecular weight is 380 g/mol. The van der Waals surface area contributed by atoms with Crippen LogP contribution in [-0.4, -0.2) is 34.9 Å². The Balaban J connectivity index is 0.00000121. The highest BCUT2D eigenvalue weighted by Gasteiger charge is 2.27. The predicted octanol–water partition coefficient (Wildman–Crippen LogP) is 3.67. The highest BCUT2D eigenvalue weighted by molar-refractivity contribution is 7.20. The molecule has 1 aliphatic rings. The van der Waals surface area contributed by atoms with Crippen LogP contribution >= 0.6 is 47.5 Å². The third kappa shape index (κ3) is 4.00. The normalized spacial score (nSPS) is 17.5. The smallest absolute Gasteiger partial charge is 0.273 e. The van der Waals surface area contributed by atoms with Crippen molar-refractivity contribution in [2.75, 3.05) is 13.1 Å². The largest absolute Gasteiger partial charge is 0.333 e. The number of halogens is 2. The van der Waals surface area contributed by atoms with Crippen molar-refractivity contribution in [3.05, 3.63) is 28.6 Å². The number of likely N-dealkylation sites (tertiary alicyclic amines) is 1. The number of aromatic nitrogens is 1. The second-order valence-electron chi connectivity index (χ2n) is 4.90. The Bertz CT molecular complexity index is 589. The molecular weight excluding hydrogens is 361 g/mol. The Morgan fingerprint density at radius 3 is 2.86 bits per heavy atom. The molecule has 4 nitrogen and oxygen atoms in total. The van der Waals surface area contributed by atoms with E-state index in [2.05, 4.69) is 4.98 Å². The Hall–Kier alpha value is -0.660. The molecular formula is C14H19Cl2N3OS2. The van der Waals surface area contributed by atoms with Gasteiger partial charge in [-0.25, -0.2) is 4.98 Å². The zero-order valence-corrected chi connectivity index (χ0v) is 15.2. The Morgan fingerprint density at radius 2 is 2.18 bits per heavy atom. The molecule has 2 aromatic heterocycles. The van der Waals surface area contributed by atoms with Crippen LogP contribution in [0, 0.1) is 0 Å². The minimum absolute atomic E-state index is 0. The van der Waals surface area contributed by atoms with Crippen LogP contribution in [0.25, 0.3) is 9.88 Å². The number of hydrogen-bond donors (Lipinski definition) is 1. The summed E-state index contributed by atoms with van der Waals surface area (Å²) >= 11 is 3.17. The Kier molecular flexibility index (Phi) is 7.79. The van der Waals surface area contributed by atoms with Crippen LogP contribution in [0.5, 0.6) is 0 Å². The van der Waals surface area contributed by atoms with E-state index in [1.807, 2.05) is 27.8 Å². The number of carbonyl (C=O) groups is 1. The van der Waals surface area contributed by atoms with Gasteiger partial charge in [0.1, 0.15) is 10.7 Å². The van der Waals surface area contributed by atoms with Crippen LogP contribution in [-0.2, 0) is 0 Å². The van der Waals surface area contributed by atoms with Crippen LogP contribution in [0.1, 0.15) is 29.8 Å². The van der Waals surface area contributed by atoms with Crippen molar-refractivity contribution >= 4 is 53.4 Å². The van der Waals surface area contributed by atoms with Gasteiger partial charge >= 0.3 is 0 Å². The first-order valence-corrected chi connectivity index (χ1v) is 8.56. The summed E-state index contributed by atoms with van der Waals surface area (Å²) < 4.78 is 0. The SMILES string of the molecule is Cl.Cl.NCC1CCCCN1C(=O)c1csc(-c2cccs2)n1.